The Hall–Kier alpha value is -1.35. The van der Waals surface area contributed by atoms with Crippen LogP contribution in [0.3, 0.4) is 0 Å². The summed E-state index contributed by atoms with van der Waals surface area (Å²) in [6.45, 7) is 2.98. The molecule has 2 nitrogen and oxygen atoms in total. The molecule has 2 rings (SSSR count). The molecule has 1 N–H and O–H groups in total. The van der Waals surface area contributed by atoms with Crippen molar-refractivity contribution in [3.63, 3.8) is 0 Å². The summed E-state index contributed by atoms with van der Waals surface area (Å²) in [6.07, 6.45) is 2.94. The Morgan fingerprint density at radius 3 is 2.93 bits per heavy atom. The van der Waals surface area contributed by atoms with Crippen molar-refractivity contribution < 1.29 is 0 Å². The largest absolute Gasteiger partial charge is 0.370 e. The fraction of sp³-hybridized carbons (Fsp3) is 0.250. The van der Waals surface area contributed by atoms with Crippen LogP contribution in [0.15, 0.2) is 35.2 Å². The minimum atomic E-state index is 0.937. The molecule has 0 saturated carbocycles. The molecule has 15 heavy (non-hydrogen) atoms. The van der Waals surface area contributed by atoms with Crippen LogP contribution >= 0.6 is 11.3 Å². The van der Waals surface area contributed by atoms with Crippen molar-refractivity contribution >= 4 is 17.2 Å². The number of rotatable bonds is 4. The van der Waals surface area contributed by atoms with Gasteiger partial charge in [0.25, 0.3) is 0 Å². The molecule has 78 valence electrons. The first kappa shape index (κ1) is 10.2. The van der Waals surface area contributed by atoms with Crippen LogP contribution in [0.25, 0.3) is 0 Å². The lowest BCUT2D eigenvalue weighted by atomic mass is 10.2. The first-order chi connectivity index (χ1) is 7.34. The zero-order chi connectivity index (χ0) is 10.5. The van der Waals surface area contributed by atoms with Gasteiger partial charge in [-0.05, 0) is 47.4 Å². The Balaban J connectivity index is 1.81. The quantitative estimate of drug-likeness (QED) is 0.853. The topological polar surface area (TPSA) is 24.9 Å². The van der Waals surface area contributed by atoms with E-state index in [4.69, 9.17) is 0 Å². The molecule has 3 heteroatoms. The number of pyridine rings is 1. The standard InChI is InChI=1S/C12H14N2S/c1-10-2-3-12(14-8-10)13-6-4-11-5-7-15-9-11/h2-3,5,7-9H,4,6H2,1H3,(H,13,14). The van der Waals surface area contributed by atoms with Gasteiger partial charge in [-0.3, -0.25) is 0 Å². The van der Waals surface area contributed by atoms with Crippen LogP contribution in [0.4, 0.5) is 5.82 Å². The van der Waals surface area contributed by atoms with Crippen LogP contribution in [0.2, 0.25) is 0 Å². The lowest BCUT2D eigenvalue weighted by Crippen LogP contribution is -2.05. The van der Waals surface area contributed by atoms with Gasteiger partial charge in [0.2, 0.25) is 0 Å². The number of aryl methyl sites for hydroxylation is 1. The minimum Gasteiger partial charge on any atom is -0.370 e. The molecule has 2 aromatic heterocycles. The average Bonchev–Trinajstić information content (AvgIpc) is 2.74. The van der Waals surface area contributed by atoms with Gasteiger partial charge in [0, 0.05) is 12.7 Å². The molecule has 0 amide bonds. The summed E-state index contributed by atoms with van der Waals surface area (Å²) in [5.74, 6) is 0.954. The summed E-state index contributed by atoms with van der Waals surface area (Å²) in [5.41, 5.74) is 2.58. The molecule has 0 aliphatic carbocycles. The van der Waals surface area contributed by atoms with E-state index >= 15 is 0 Å². The summed E-state index contributed by atoms with van der Waals surface area (Å²) in [7, 11) is 0. The highest BCUT2D eigenvalue weighted by Gasteiger charge is 1.94. The van der Waals surface area contributed by atoms with Gasteiger partial charge in [-0.2, -0.15) is 11.3 Å². The minimum absolute atomic E-state index is 0.937. The van der Waals surface area contributed by atoms with Crippen LogP contribution in [0.5, 0.6) is 0 Å². The third-order valence-corrected chi connectivity index (χ3v) is 2.94. The molecule has 2 aromatic rings. The number of nitrogens with zero attached hydrogens (tertiary/aromatic N) is 1. The zero-order valence-electron chi connectivity index (χ0n) is 8.73. The van der Waals surface area contributed by atoms with E-state index in [1.807, 2.05) is 19.2 Å². The summed E-state index contributed by atoms with van der Waals surface area (Å²) < 4.78 is 0. The third-order valence-electron chi connectivity index (χ3n) is 2.21. The van der Waals surface area contributed by atoms with Crippen molar-refractivity contribution in [3.05, 3.63) is 46.3 Å². The van der Waals surface area contributed by atoms with Gasteiger partial charge in [-0.15, -0.1) is 0 Å². The van der Waals surface area contributed by atoms with Crippen LogP contribution in [0, 0.1) is 6.92 Å². The fourth-order valence-corrected chi connectivity index (χ4v) is 2.05. The highest BCUT2D eigenvalue weighted by atomic mass is 32.1. The Morgan fingerprint density at radius 1 is 1.33 bits per heavy atom. The van der Waals surface area contributed by atoms with E-state index < -0.39 is 0 Å². The van der Waals surface area contributed by atoms with E-state index in [0.717, 1.165) is 18.8 Å². The van der Waals surface area contributed by atoms with Gasteiger partial charge >= 0.3 is 0 Å². The van der Waals surface area contributed by atoms with Crippen LogP contribution in [-0.4, -0.2) is 11.5 Å². The van der Waals surface area contributed by atoms with E-state index in [9.17, 15) is 0 Å². The molecule has 0 aliphatic rings. The summed E-state index contributed by atoms with van der Waals surface area (Å²) in [4.78, 5) is 4.29. The van der Waals surface area contributed by atoms with Gasteiger partial charge in [0.1, 0.15) is 5.82 Å². The Kier molecular flexibility index (Phi) is 3.35. The predicted molar refractivity (Wildman–Crippen MR) is 65.5 cm³/mol. The highest BCUT2D eigenvalue weighted by molar-refractivity contribution is 7.07. The van der Waals surface area contributed by atoms with Crippen molar-refractivity contribution in [3.8, 4) is 0 Å². The monoisotopic (exact) mass is 218 g/mol. The number of hydrogen-bond acceptors (Lipinski definition) is 3. The van der Waals surface area contributed by atoms with Crippen molar-refractivity contribution in [2.24, 2.45) is 0 Å². The Morgan fingerprint density at radius 2 is 2.27 bits per heavy atom. The van der Waals surface area contributed by atoms with Crippen molar-refractivity contribution in [2.45, 2.75) is 13.3 Å². The van der Waals surface area contributed by atoms with Crippen LogP contribution in [-0.2, 0) is 6.42 Å². The molecule has 0 atom stereocenters. The zero-order valence-corrected chi connectivity index (χ0v) is 9.55. The Bertz CT molecular complexity index is 392. The Labute approximate surface area is 94.0 Å². The number of nitrogens with one attached hydrogen (secondary N) is 1. The van der Waals surface area contributed by atoms with E-state index in [1.165, 1.54) is 11.1 Å². The van der Waals surface area contributed by atoms with Crippen molar-refractivity contribution in [1.29, 1.82) is 0 Å². The van der Waals surface area contributed by atoms with Crippen molar-refractivity contribution in [2.75, 3.05) is 11.9 Å². The molecule has 0 fully saturated rings. The van der Waals surface area contributed by atoms with Gasteiger partial charge < -0.3 is 5.32 Å². The summed E-state index contributed by atoms with van der Waals surface area (Å²) in [6, 6.07) is 6.25. The molecule has 0 aliphatic heterocycles. The maximum absolute atomic E-state index is 4.29. The number of aromatic nitrogens is 1. The second kappa shape index (κ2) is 4.94. The molecule has 0 radical (unpaired) electrons. The SMILES string of the molecule is Cc1ccc(NCCc2ccsc2)nc1. The lowest BCUT2D eigenvalue weighted by Gasteiger charge is -2.04. The molecule has 0 saturated heterocycles. The second-order valence-corrected chi connectivity index (χ2v) is 4.31. The fourth-order valence-electron chi connectivity index (χ4n) is 1.34. The molecular formula is C12H14N2S. The first-order valence-electron chi connectivity index (χ1n) is 5.02. The van der Waals surface area contributed by atoms with E-state index in [2.05, 4.69) is 33.2 Å². The maximum atomic E-state index is 4.29. The second-order valence-electron chi connectivity index (χ2n) is 3.53. The maximum Gasteiger partial charge on any atom is 0.125 e. The van der Waals surface area contributed by atoms with Crippen molar-refractivity contribution in [1.82, 2.24) is 4.98 Å². The van der Waals surface area contributed by atoms with Gasteiger partial charge in [-0.25, -0.2) is 4.98 Å². The molecule has 0 unspecified atom stereocenters. The van der Waals surface area contributed by atoms with E-state index in [0.29, 0.717) is 0 Å². The number of anilines is 1. The molecule has 0 spiro atoms. The molecular weight excluding hydrogens is 204 g/mol. The third kappa shape index (κ3) is 3.06. The predicted octanol–water partition coefficient (Wildman–Crippen LogP) is 3.11. The molecule has 2 heterocycles. The number of hydrogen-bond donors (Lipinski definition) is 1. The van der Waals surface area contributed by atoms with Gasteiger partial charge in [0.05, 0.1) is 0 Å². The molecule has 0 bridgehead atoms. The van der Waals surface area contributed by atoms with E-state index in [1.54, 1.807) is 11.3 Å². The summed E-state index contributed by atoms with van der Waals surface area (Å²) >= 11 is 1.74. The lowest BCUT2D eigenvalue weighted by molar-refractivity contribution is 1.01. The first-order valence-corrected chi connectivity index (χ1v) is 5.96. The smallest absolute Gasteiger partial charge is 0.125 e. The van der Waals surface area contributed by atoms with Crippen LogP contribution < -0.4 is 5.32 Å². The number of thiophene rings is 1. The highest BCUT2D eigenvalue weighted by Crippen LogP contribution is 2.08. The van der Waals surface area contributed by atoms with E-state index in [-0.39, 0.29) is 0 Å². The normalized spacial score (nSPS) is 10.2. The molecule has 0 aromatic carbocycles. The van der Waals surface area contributed by atoms with Gasteiger partial charge in [-0.1, -0.05) is 6.07 Å². The summed E-state index contributed by atoms with van der Waals surface area (Å²) in [5, 5.41) is 7.60. The average molecular weight is 218 g/mol. The van der Waals surface area contributed by atoms with Crippen LogP contribution in [0.1, 0.15) is 11.1 Å². The van der Waals surface area contributed by atoms with Gasteiger partial charge in [0.15, 0.2) is 0 Å².